The summed E-state index contributed by atoms with van der Waals surface area (Å²) in [7, 11) is 0. The number of hydrogen-bond acceptors (Lipinski definition) is 5. The van der Waals surface area contributed by atoms with Crippen LogP contribution in [0.2, 0.25) is 0 Å². The number of tetrazole rings is 1. The van der Waals surface area contributed by atoms with E-state index in [1.54, 1.807) is 30.7 Å². The average molecular weight is 283 g/mol. The van der Waals surface area contributed by atoms with Crippen molar-refractivity contribution in [2.45, 2.75) is 19.9 Å². The summed E-state index contributed by atoms with van der Waals surface area (Å²) in [5.74, 6) is 0.436. The Morgan fingerprint density at radius 3 is 2.79 bits per heavy atom. The number of amides is 1. The van der Waals surface area contributed by atoms with Crippen LogP contribution < -0.4 is 11.1 Å². The second-order valence-corrected chi connectivity index (χ2v) is 3.97. The van der Waals surface area contributed by atoms with Crippen LogP contribution in [0.5, 0.6) is 0 Å². The van der Waals surface area contributed by atoms with Crippen LogP contribution in [-0.4, -0.2) is 32.2 Å². The highest BCUT2D eigenvalue weighted by molar-refractivity contribution is 5.94. The zero-order valence-electron chi connectivity index (χ0n) is 10.6. The summed E-state index contributed by atoms with van der Waals surface area (Å²) in [6.45, 7) is 3.43. The molecule has 1 aromatic carbocycles. The first-order valence-corrected chi connectivity index (χ1v) is 5.50. The van der Waals surface area contributed by atoms with Gasteiger partial charge < -0.3 is 11.1 Å². The van der Waals surface area contributed by atoms with Gasteiger partial charge in [0, 0.05) is 5.69 Å². The molecule has 0 aliphatic rings. The van der Waals surface area contributed by atoms with Crippen LogP contribution in [0.4, 0.5) is 5.69 Å². The number of anilines is 1. The fourth-order valence-corrected chi connectivity index (χ4v) is 1.44. The molecule has 0 saturated heterocycles. The minimum atomic E-state index is -0.552. The Morgan fingerprint density at radius 1 is 1.47 bits per heavy atom. The SMILES string of the molecule is Cc1nnnn1-c1cccc(NC(=O)[C@H](C)N)c1.Cl. The predicted octanol–water partition coefficient (Wildman–Crippen LogP) is 0.678. The van der Waals surface area contributed by atoms with Crippen molar-refractivity contribution in [3.05, 3.63) is 30.1 Å². The molecule has 0 unspecified atom stereocenters. The van der Waals surface area contributed by atoms with Crippen molar-refractivity contribution in [2.75, 3.05) is 5.32 Å². The van der Waals surface area contributed by atoms with Crippen molar-refractivity contribution < 1.29 is 4.79 Å². The monoisotopic (exact) mass is 282 g/mol. The van der Waals surface area contributed by atoms with Gasteiger partial charge in [-0.05, 0) is 42.5 Å². The molecule has 0 saturated carbocycles. The Kier molecular flexibility index (Phi) is 4.96. The molecule has 0 fully saturated rings. The number of nitrogens with zero attached hydrogens (tertiary/aromatic N) is 4. The van der Waals surface area contributed by atoms with E-state index >= 15 is 0 Å². The molecule has 1 heterocycles. The van der Waals surface area contributed by atoms with E-state index in [-0.39, 0.29) is 18.3 Å². The van der Waals surface area contributed by atoms with Crippen molar-refractivity contribution in [1.82, 2.24) is 20.2 Å². The lowest BCUT2D eigenvalue weighted by molar-refractivity contribution is -0.117. The van der Waals surface area contributed by atoms with E-state index in [1.807, 2.05) is 12.1 Å². The molecule has 0 aliphatic heterocycles. The molecule has 102 valence electrons. The largest absolute Gasteiger partial charge is 0.325 e. The highest BCUT2D eigenvalue weighted by atomic mass is 35.5. The summed E-state index contributed by atoms with van der Waals surface area (Å²) >= 11 is 0. The number of rotatable bonds is 3. The molecule has 19 heavy (non-hydrogen) atoms. The minimum Gasteiger partial charge on any atom is -0.325 e. The molecule has 0 bridgehead atoms. The van der Waals surface area contributed by atoms with Crippen molar-refractivity contribution >= 4 is 24.0 Å². The molecule has 0 spiro atoms. The van der Waals surface area contributed by atoms with Crippen LogP contribution in [0.1, 0.15) is 12.7 Å². The smallest absolute Gasteiger partial charge is 0.240 e. The fourth-order valence-electron chi connectivity index (χ4n) is 1.44. The predicted molar refractivity (Wildman–Crippen MR) is 73.4 cm³/mol. The van der Waals surface area contributed by atoms with Crippen molar-refractivity contribution in [3.63, 3.8) is 0 Å². The zero-order valence-corrected chi connectivity index (χ0v) is 11.4. The van der Waals surface area contributed by atoms with Gasteiger partial charge in [0.15, 0.2) is 5.82 Å². The second-order valence-electron chi connectivity index (χ2n) is 3.97. The van der Waals surface area contributed by atoms with Gasteiger partial charge in [-0.2, -0.15) is 4.68 Å². The number of hydrogen-bond donors (Lipinski definition) is 2. The fraction of sp³-hybridized carbons (Fsp3) is 0.273. The number of halogens is 1. The molecule has 1 amide bonds. The third kappa shape index (κ3) is 3.49. The quantitative estimate of drug-likeness (QED) is 0.862. The summed E-state index contributed by atoms with van der Waals surface area (Å²) in [5, 5.41) is 14.0. The van der Waals surface area contributed by atoms with E-state index in [2.05, 4.69) is 20.8 Å². The van der Waals surface area contributed by atoms with E-state index in [9.17, 15) is 4.79 Å². The second kappa shape index (κ2) is 6.26. The maximum absolute atomic E-state index is 11.5. The maximum Gasteiger partial charge on any atom is 0.240 e. The maximum atomic E-state index is 11.5. The zero-order chi connectivity index (χ0) is 13.1. The van der Waals surface area contributed by atoms with Crippen LogP contribution >= 0.6 is 12.4 Å². The molecule has 1 atom stereocenters. The number of nitrogens with two attached hydrogens (primary N) is 1. The van der Waals surface area contributed by atoms with Crippen molar-refractivity contribution in [1.29, 1.82) is 0 Å². The number of benzene rings is 1. The van der Waals surface area contributed by atoms with E-state index in [1.165, 1.54) is 0 Å². The Bertz CT molecular complexity index is 568. The van der Waals surface area contributed by atoms with Gasteiger partial charge in [0.05, 0.1) is 11.7 Å². The number of aryl methyl sites for hydroxylation is 1. The summed E-state index contributed by atoms with van der Waals surface area (Å²) in [6, 6.07) is 6.68. The molecule has 8 heteroatoms. The highest BCUT2D eigenvalue weighted by Gasteiger charge is 2.09. The van der Waals surface area contributed by atoms with Gasteiger partial charge in [-0.15, -0.1) is 17.5 Å². The Balaban J connectivity index is 0.00000180. The number of carbonyl (C=O) groups excluding carboxylic acids is 1. The van der Waals surface area contributed by atoms with Crippen molar-refractivity contribution in [2.24, 2.45) is 5.73 Å². The molecule has 1 aromatic heterocycles. The number of nitrogens with one attached hydrogen (secondary N) is 1. The first-order chi connectivity index (χ1) is 8.58. The van der Waals surface area contributed by atoms with Gasteiger partial charge in [0.1, 0.15) is 0 Å². The van der Waals surface area contributed by atoms with Crippen molar-refractivity contribution in [3.8, 4) is 5.69 Å². The lowest BCUT2D eigenvalue weighted by Gasteiger charge is -2.09. The molecular weight excluding hydrogens is 268 g/mol. The van der Waals surface area contributed by atoms with Gasteiger partial charge in [0.25, 0.3) is 0 Å². The van der Waals surface area contributed by atoms with E-state index in [0.717, 1.165) is 5.69 Å². The van der Waals surface area contributed by atoms with Gasteiger partial charge in [-0.3, -0.25) is 4.79 Å². The number of carbonyl (C=O) groups is 1. The summed E-state index contributed by atoms with van der Waals surface area (Å²) in [4.78, 5) is 11.5. The van der Waals surface area contributed by atoms with E-state index < -0.39 is 6.04 Å². The number of aromatic nitrogens is 4. The van der Waals surface area contributed by atoms with Gasteiger partial charge in [-0.1, -0.05) is 6.07 Å². The molecule has 0 aliphatic carbocycles. The lowest BCUT2D eigenvalue weighted by atomic mass is 10.2. The van der Waals surface area contributed by atoms with Crippen LogP contribution in [0.25, 0.3) is 5.69 Å². The van der Waals surface area contributed by atoms with Crippen LogP contribution in [-0.2, 0) is 4.79 Å². The Morgan fingerprint density at radius 2 is 2.21 bits per heavy atom. The van der Waals surface area contributed by atoms with Gasteiger partial charge >= 0.3 is 0 Å². The summed E-state index contributed by atoms with van der Waals surface area (Å²) in [6.07, 6.45) is 0. The molecule has 0 radical (unpaired) electrons. The van der Waals surface area contributed by atoms with E-state index in [0.29, 0.717) is 11.5 Å². The normalized spacial score (nSPS) is 11.5. The summed E-state index contributed by atoms with van der Waals surface area (Å²) in [5.41, 5.74) is 6.93. The Labute approximate surface area is 116 Å². The lowest BCUT2D eigenvalue weighted by Crippen LogP contribution is -2.32. The topological polar surface area (TPSA) is 98.7 Å². The van der Waals surface area contributed by atoms with Crippen LogP contribution in [0.15, 0.2) is 24.3 Å². The molecule has 2 aromatic rings. The third-order valence-electron chi connectivity index (χ3n) is 2.40. The first kappa shape index (κ1) is 15.1. The highest BCUT2D eigenvalue weighted by Crippen LogP contribution is 2.14. The average Bonchev–Trinajstić information content (AvgIpc) is 2.75. The molecule has 7 nitrogen and oxygen atoms in total. The van der Waals surface area contributed by atoms with Gasteiger partial charge in [-0.25, -0.2) is 0 Å². The summed E-state index contributed by atoms with van der Waals surface area (Å²) < 4.78 is 1.58. The minimum absolute atomic E-state index is 0. The Hall–Kier alpha value is -1.99. The van der Waals surface area contributed by atoms with Crippen LogP contribution in [0.3, 0.4) is 0 Å². The van der Waals surface area contributed by atoms with Gasteiger partial charge in [0.2, 0.25) is 5.91 Å². The van der Waals surface area contributed by atoms with E-state index in [4.69, 9.17) is 5.73 Å². The molecule has 3 N–H and O–H groups in total. The molecule has 2 rings (SSSR count). The standard InChI is InChI=1S/C11H14N6O.ClH/c1-7(12)11(18)13-9-4-3-5-10(6-9)17-8(2)14-15-16-17;/h3-7H,12H2,1-2H3,(H,13,18);1H/t7-;/m0./s1. The molecular formula is C11H15ClN6O. The third-order valence-corrected chi connectivity index (χ3v) is 2.40. The first-order valence-electron chi connectivity index (χ1n) is 5.50. The van der Waals surface area contributed by atoms with Crippen LogP contribution in [0, 0.1) is 6.92 Å².